The number of hydrogen-bond acceptors (Lipinski definition) is 5. The maximum atomic E-state index is 12.8. The monoisotopic (exact) mass is 435 g/mol. The summed E-state index contributed by atoms with van der Waals surface area (Å²) in [5.41, 5.74) is 3.98. The van der Waals surface area contributed by atoms with E-state index in [2.05, 4.69) is 37.4 Å². The van der Waals surface area contributed by atoms with Gasteiger partial charge in [-0.2, -0.15) is 10.2 Å². The lowest BCUT2D eigenvalue weighted by Crippen LogP contribution is -2.54. The van der Waals surface area contributed by atoms with Crippen molar-refractivity contribution in [3.05, 3.63) is 65.8 Å². The van der Waals surface area contributed by atoms with Gasteiger partial charge in [-0.05, 0) is 30.2 Å². The van der Waals surface area contributed by atoms with Gasteiger partial charge < -0.3 is 10.2 Å². The van der Waals surface area contributed by atoms with Crippen molar-refractivity contribution in [3.63, 3.8) is 0 Å². The van der Waals surface area contributed by atoms with Crippen molar-refractivity contribution >= 4 is 28.8 Å². The van der Waals surface area contributed by atoms with Crippen molar-refractivity contribution in [2.24, 2.45) is 5.92 Å². The number of H-pyrrole nitrogens is 1. The van der Waals surface area contributed by atoms with Crippen LogP contribution in [0.5, 0.6) is 0 Å². The number of carbonyl (C=O) groups is 1. The Kier molecular flexibility index (Phi) is 5.07. The molecular formula is C22H22ClN7O. The molecule has 8 nitrogen and oxygen atoms in total. The lowest BCUT2D eigenvalue weighted by Gasteiger charge is -2.39. The van der Waals surface area contributed by atoms with Gasteiger partial charge in [-0.25, -0.2) is 9.50 Å². The second-order valence-corrected chi connectivity index (χ2v) is 8.19. The van der Waals surface area contributed by atoms with Crippen molar-refractivity contribution in [1.82, 2.24) is 30.1 Å². The third kappa shape index (κ3) is 3.74. The highest BCUT2D eigenvalue weighted by atomic mass is 35.5. The fourth-order valence-corrected chi connectivity index (χ4v) is 4.08. The molecule has 0 saturated carbocycles. The Labute approximate surface area is 184 Å². The molecule has 1 aliphatic rings. The highest BCUT2D eigenvalue weighted by Gasteiger charge is 2.35. The second kappa shape index (κ2) is 8.03. The second-order valence-electron chi connectivity index (χ2n) is 7.75. The summed E-state index contributed by atoms with van der Waals surface area (Å²) < 4.78 is 1.81. The minimum absolute atomic E-state index is 0.0206. The van der Waals surface area contributed by atoms with E-state index < -0.39 is 0 Å². The Bertz CT molecular complexity index is 1200. The predicted octanol–water partition coefficient (Wildman–Crippen LogP) is 3.48. The molecule has 4 heterocycles. The fourth-order valence-electron chi connectivity index (χ4n) is 3.95. The molecule has 0 aliphatic carbocycles. The largest absolute Gasteiger partial charge is 0.353 e. The summed E-state index contributed by atoms with van der Waals surface area (Å²) in [6, 6.07) is 9.66. The Balaban J connectivity index is 1.27. The Morgan fingerprint density at radius 1 is 1.29 bits per heavy atom. The Hall–Kier alpha value is -3.39. The first-order valence-electron chi connectivity index (χ1n) is 10.3. The van der Waals surface area contributed by atoms with E-state index in [0.717, 1.165) is 34.4 Å². The molecule has 1 amide bonds. The van der Waals surface area contributed by atoms with E-state index in [-0.39, 0.29) is 17.9 Å². The molecule has 158 valence electrons. The molecule has 0 bridgehead atoms. The summed E-state index contributed by atoms with van der Waals surface area (Å²) in [6.45, 7) is 3.32. The van der Waals surface area contributed by atoms with Gasteiger partial charge >= 0.3 is 0 Å². The fraction of sp³-hybridized carbons (Fsp3) is 0.273. The van der Waals surface area contributed by atoms with Crippen LogP contribution in [0.15, 0.2) is 55.2 Å². The molecule has 5 rings (SSSR count). The number of amides is 1. The third-order valence-corrected chi connectivity index (χ3v) is 6.02. The molecule has 1 saturated heterocycles. The van der Waals surface area contributed by atoms with E-state index in [1.54, 1.807) is 12.5 Å². The molecule has 1 aliphatic heterocycles. The number of aromatic amines is 1. The van der Waals surface area contributed by atoms with Gasteiger partial charge in [-0.3, -0.25) is 9.89 Å². The van der Waals surface area contributed by atoms with Crippen LogP contribution >= 0.6 is 11.6 Å². The number of hydrogen-bond donors (Lipinski definition) is 2. The molecule has 0 radical (unpaired) electrons. The standard InChI is InChI=1S/C22H22ClN7O/c1-2-19(14-3-5-18(23)6-4-14)28-22(31)17-10-29(11-17)21-20-7-15(16-8-25-26-9-16)12-30(20)27-13-24-21/h3-9,12-13,17,19H,2,10-11H2,1H3,(H,25,26)(H,28,31)/t19-/m0/s1. The Morgan fingerprint density at radius 2 is 2.10 bits per heavy atom. The SMILES string of the molecule is CC[C@H](NC(=O)C1CN(c2ncnn3cc(-c4cn[nH]c4)cc23)C1)c1ccc(Cl)cc1. The topological polar surface area (TPSA) is 91.2 Å². The Morgan fingerprint density at radius 3 is 2.81 bits per heavy atom. The van der Waals surface area contributed by atoms with Crippen molar-refractivity contribution in [2.45, 2.75) is 19.4 Å². The van der Waals surface area contributed by atoms with E-state index in [4.69, 9.17) is 11.6 Å². The van der Waals surface area contributed by atoms with Crippen molar-refractivity contribution in [1.29, 1.82) is 0 Å². The third-order valence-electron chi connectivity index (χ3n) is 5.77. The van der Waals surface area contributed by atoms with Crippen LogP contribution in [-0.2, 0) is 4.79 Å². The molecule has 3 aromatic heterocycles. The van der Waals surface area contributed by atoms with Gasteiger partial charge in [0, 0.05) is 41.6 Å². The minimum Gasteiger partial charge on any atom is -0.353 e. The number of nitrogens with one attached hydrogen (secondary N) is 2. The van der Waals surface area contributed by atoms with Crippen molar-refractivity contribution in [3.8, 4) is 11.1 Å². The van der Waals surface area contributed by atoms with Crippen LogP contribution < -0.4 is 10.2 Å². The van der Waals surface area contributed by atoms with Crippen LogP contribution in [0.2, 0.25) is 5.02 Å². The summed E-state index contributed by atoms with van der Waals surface area (Å²) in [5, 5.41) is 15.0. The molecule has 4 aromatic rings. The molecular weight excluding hydrogens is 414 g/mol. The molecule has 31 heavy (non-hydrogen) atoms. The van der Waals surface area contributed by atoms with Crippen molar-refractivity contribution < 1.29 is 4.79 Å². The number of fused-ring (bicyclic) bond motifs is 1. The summed E-state index contributed by atoms with van der Waals surface area (Å²) in [4.78, 5) is 19.4. The maximum Gasteiger partial charge on any atom is 0.227 e. The van der Waals surface area contributed by atoms with Crippen LogP contribution in [0.3, 0.4) is 0 Å². The zero-order valence-electron chi connectivity index (χ0n) is 17.0. The number of benzene rings is 1. The first kappa shape index (κ1) is 19.6. The maximum absolute atomic E-state index is 12.8. The zero-order valence-corrected chi connectivity index (χ0v) is 17.8. The number of rotatable bonds is 6. The summed E-state index contributed by atoms with van der Waals surface area (Å²) >= 11 is 5.98. The van der Waals surface area contributed by atoms with Crippen LogP contribution in [-0.4, -0.2) is 43.8 Å². The smallest absolute Gasteiger partial charge is 0.227 e. The minimum atomic E-state index is -0.0697. The van der Waals surface area contributed by atoms with Gasteiger partial charge in [0.05, 0.1) is 18.2 Å². The quantitative estimate of drug-likeness (QED) is 0.484. The first-order chi connectivity index (χ1) is 15.1. The summed E-state index contributed by atoms with van der Waals surface area (Å²) in [6.07, 6.45) is 7.93. The zero-order chi connectivity index (χ0) is 21.4. The van der Waals surface area contributed by atoms with Crippen molar-refractivity contribution in [2.75, 3.05) is 18.0 Å². The van der Waals surface area contributed by atoms with E-state index >= 15 is 0 Å². The summed E-state index contributed by atoms with van der Waals surface area (Å²) in [5.74, 6) is 0.829. The van der Waals surface area contributed by atoms with Gasteiger partial charge in [-0.1, -0.05) is 30.7 Å². The normalized spacial score (nSPS) is 15.1. The molecule has 1 fully saturated rings. The van der Waals surface area contributed by atoms with Crippen LogP contribution in [0.4, 0.5) is 5.82 Å². The first-order valence-corrected chi connectivity index (χ1v) is 10.6. The van der Waals surface area contributed by atoms with Gasteiger partial charge in [0.1, 0.15) is 11.8 Å². The van der Waals surface area contributed by atoms with E-state index in [1.165, 1.54) is 0 Å². The van der Waals surface area contributed by atoms with Gasteiger partial charge in [0.15, 0.2) is 5.82 Å². The number of anilines is 1. The molecule has 0 spiro atoms. The number of aromatic nitrogens is 5. The van der Waals surface area contributed by atoms with Crippen LogP contribution in [0.1, 0.15) is 24.9 Å². The molecule has 1 aromatic carbocycles. The molecule has 1 atom stereocenters. The van der Waals surface area contributed by atoms with E-state index in [1.807, 2.05) is 47.2 Å². The average Bonchev–Trinajstić information content (AvgIpc) is 3.41. The molecule has 2 N–H and O–H groups in total. The number of nitrogens with zero attached hydrogens (tertiary/aromatic N) is 5. The molecule has 0 unspecified atom stereocenters. The van der Waals surface area contributed by atoms with Crippen LogP contribution in [0, 0.1) is 5.92 Å². The number of carbonyl (C=O) groups excluding carboxylic acids is 1. The van der Waals surface area contributed by atoms with E-state index in [0.29, 0.717) is 18.1 Å². The highest BCUT2D eigenvalue weighted by molar-refractivity contribution is 6.30. The van der Waals surface area contributed by atoms with E-state index in [9.17, 15) is 4.79 Å². The van der Waals surface area contributed by atoms with Gasteiger partial charge in [-0.15, -0.1) is 0 Å². The number of halogens is 1. The highest BCUT2D eigenvalue weighted by Crippen LogP contribution is 2.30. The lowest BCUT2D eigenvalue weighted by atomic mass is 9.97. The van der Waals surface area contributed by atoms with Crippen LogP contribution in [0.25, 0.3) is 16.6 Å². The average molecular weight is 436 g/mol. The molecule has 9 heteroatoms. The summed E-state index contributed by atoms with van der Waals surface area (Å²) in [7, 11) is 0. The van der Waals surface area contributed by atoms with Gasteiger partial charge in [0.25, 0.3) is 0 Å². The predicted molar refractivity (Wildman–Crippen MR) is 119 cm³/mol. The lowest BCUT2D eigenvalue weighted by molar-refractivity contribution is -0.126. The van der Waals surface area contributed by atoms with Gasteiger partial charge in [0.2, 0.25) is 5.91 Å².